The van der Waals surface area contributed by atoms with Crippen molar-refractivity contribution < 1.29 is 19.8 Å². The van der Waals surface area contributed by atoms with Gasteiger partial charge in [0.2, 0.25) is 11.8 Å². The van der Waals surface area contributed by atoms with Crippen molar-refractivity contribution in [2.24, 2.45) is 16.7 Å². The first-order valence-corrected chi connectivity index (χ1v) is 14.3. The van der Waals surface area contributed by atoms with E-state index in [4.69, 9.17) is 4.98 Å². The van der Waals surface area contributed by atoms with Gasteiger partial charge < -0.3 is 20.0 Å². The molecule has 3 aliphatic rings. The number of thiophene rings is 1. The van der Waals surface area contributed by atoms with Crippen LogP contribution in [-0.4, -0.2) is 75.7 Å². The van der Waals surface area contributed by atoms with E-state index >= 15 is 0 Å². The number of aromatic nitrogens is 1. The third kappa shape index (κ3) is 4.14. The van der Waals surface area contributed by atoms with E-state index in [9.17, 15) is 19.8 Å². The van der Waals surface area contributed by atoms with Gasteiger partial charge in [0.15, 0.2) is 0 Å². The van der Waals surface area contributed by atoms with Crippen LogP contribution in [0.3, 0.4) is 0 Å². The third-order valence-electron chi connectivity index (χ3n) is 9.12. The van der Waals surface area contributed by atoms with Crippen LogP contribution < -0.4 is 0 Å². The van der Waals surface area contributed by atoms with E-state index < -0.39 is 11.5 Å². The number of carbonyl (C=O) groups is 2. The predicted molar refractivity (Wildman–Crippen MR) is 137 cm³/mol. The van der Waals surface area contributed by atoms with Gasteiger partial charge in [-0.3, -0.25) is 9.59 Å². The maximum Gasteiger partial charge on any atom is 0.223 e. The third-order valence-corrected chi connectivity index (χ3v) is 10.9. The molecule has 2 aromatic rings. The molecule has 190 valence electrons. The number of nitrogens with zero attached hydrogens (tertiary/aromatic N) is 3. The van der Waals surface area contributed by atoms with Crippen molar-refractivity contribution in [3.63, 3.8) is 0 Å². The topological polar surface area (TPSA) is 94.0 Å². The first-order chi connectivity index (χ1) is 16.7. The Morgan fingerprint density at radius 1 is 1.20 bits per heavy atom. The number of hydrogen-bond donors (Lipinski definition) is 2. The second kappa shape index (κ2) is 9.25. The fourth-order valence-electron chi connectivity index (χ4n) is 6.73. The highest BCUT2D eigenvalue weighted by molar-refractivity contribution is 7.15. The van der Waals surface area contributed by atoms with Gasteiger partial charge in [0.1, 0.15) is 5.01 Å². The molecule has 0 aromatic carbocycles. The summed E-state index contributed by atoms with van der Waals surface area (Å²) in [6.45, 7) is 8.01. The molecule has 0 radical (unpaired) electrons. The van der Waals surface area contributed by atoms with Crippen molar-refractivity contribution in [3.05, 3.63) is 27.4 Å². The van der Waals surface area contributed by atoms with Crippen molar-refractivity contribution in [3.8, 4) is 10.6 Å². The van der Waals surface area contributed by atoms with Gasteiger partial charge in [0.05, 0.1) is 18.4 Å². The number of piperazine rings is 1. The van der Waals surface area contributed by atoms with Crippen molar-refractivity contribution in [2.45, 2.75) is 58.5 Å². The SMILES string of the molecule is CC(=O)N1CCN(C(=O)C[C@@H]2c3nc(-c4ccsc4)sc3C[C@@H]3[C@](C)(CO)[C@H](O)CC[C@]32C)CC1. The summed E-state index contributed by atoms with van der Waals surface area (Å²) < 4.78 is 0. The minimum absolute atomic E-state index is 0.0526. The van der Waals surface area contributed by atoms with Crippen molar-refractivity contribution in [2.75, 3.05) is 32.8 Å². The minimum Gasteiger partial charge on any atom is -0.396 e. The Morgan fingerprint density at radius 2 is 1.91 bits per heavy atom. The van der Waals surface area contributed by atoms with Crippen LogP contribution in [-0.2, 0) is 16.0 Å². The van der Waals surface area contributed by atoms with Gasteiger partial charge in [-0.1, -0.05) is 13.8 Å². The van der Waals surface area contributed by atoms with Gasteiger partial charge in [-0.15, -0.1) is 11.3 Å². The Morgan fingerprint density at radius 3 is 2.54 bits per heavy atom. The summed E-state index contributed by atoms with van der Waals surface area (Å²) in [7, 11) is 0. The van der Waals surface area contributed by atoms with Crippen LogP contribution in [0.4, 0.5) is 0 Å². The second-order valence-corrected chi connectivity index (χ2v) is 12.8. The van der Waals surface area contributed by atoms with Crippen molar-refractivity contribution in [1.29, 1.82) is 0 Å². The summed E-state index contributed by atoms with van der Waals surface area (Å²) in [6, 6.07) is 2.08. The molecule has 2 aromatic heterocycles. The Labute approximate surface area is 214 Å². The highest BCUT2D eigenvalue weighted by atomic mass is 32.1. The molecule has 1 aliphatic heterocycles. The molecule has 2 fully saturated rings. The molecule has 1 saturated carbocycles. The molecule has 1 saturated heterocycles. The quantitative estimate of drug-likeness (QED) is 0.649. The number of aliphatic hydroxyl groups excluding tert-OH is 2. The smallest absolute Gasteiger partial charge is 0.223 e. The van der Waals surface area contributed by atoms with E-state index in [1.165, 1.54) is 4.88 Å². The molecule has 7 nitrogen and oxygen atoms in total. The number of rotatable bonds is 4. The zero-order valence-corrected chi connectivity index (χ0v) is 22.3. The highest BCUT2D eigenvalue weighted by Gasteiger charge is 2.59. The molecule has 2 N–H and O–H groups in total. The van der Waals surface area contributed by atoms with Gasteiger partial charge in [0.25, 0.3) is 0 Å². The van der Waals surface area contributed by atoms with Crippen LogP contribution in [0.2, 0.25) is 0 Å². The van der Waals surface area contributed by atoms with E-state index in [-0.39, 0.29) is 35.7 Å². The molecule has 35 heavy (non-hydrogen) atoms. The maximum absolute atomic E-state index is 13.6. The highest BCUT2D eigenvalue weighted by Crippen LogP contribution is 2.63. The van der Waals surface area contributed by atoms with E-state index in [0.29, 0.717) is 39.0 Å². The summed E-state index contributed by atoms with van der Waals surface area (Å²) in [5.41, 5.74) is 1.27. The zero-order valence-electron chi connectivity index (χ0n) is 20.7. The van der Waals surface area contributed by atoms with E-state index in [0.717, 1.165) is 29.1 Å². The van der Waals surface area contributed by atoms with E-state index in [2.05, 4.69) is 23.8 Å². The first-order valence-electron chi connectivity index (χ1n) is 12.5. The molecule has 2 amide bonds. The van der Waals surface area contributed by atoms with Crippen LogP contribution in [0.15, 0.2) is 16.8 Å². The number of carbonyl (C=O) groups excluding carboxylic acids is 2. The Bertz CT molecular complexity index is 1090. The van der Waals surface area contributed by atoms with Gasteiger partial charge in [0, 0.05) is 66.7 Å². The molecule has 0 unspecified atom stereocenters. The normalized spacial score (nSPS) is 32.8. The zero-order chi connectivity index (χ0) is 25.0. The molecule has 5 rings (SSSR count). The van der Waals surface area contributed by atoms with Crippen LogP contribution in [0.5, 0.6) is 0 Å². The Kier molecular flexibility index (Phi) is 6.57. The molecular weight excluding hydrogens is 482 g/mol. The van der Waals surface area contributed by atoms with Gasteiger partial charge in [-0.05, 0) is 42.0 Å². The summed E-state index contributed by atoms with van der Waals surface area (Å²) in [5, 5.41) is 26.5. The lowest BCUT2D eigenvalue weighted by Crippen LogP contribution is -2.58. The van der Waals surface area contributed by atoms with Crippen LogP contribution >= 0.6 is 22.7 Å². The summed E-state index contributed by atoms with van der Waals surface area (Å²) in [5.74, 6) is 0.140. The lowest BCUT2D eigenvalue weighted by Gasteiger charge is -2.58. The second-order valence-electron chi connectivity index (χ2n) is 11.0. The largest absolute Gasteiger partial charge is 0.396 e. The lowest BCUT2D eigenvalue weighted by molar-refractivity contribution is -0.149. The molecule has 0 spiro atoms. The standard InChI is InChI=1S/C26H35N3O4S2/c1-16(31)28-7-9-29(10-8-28)22(33)12-18-23-19(35-24(27-23)17-5-11-34-14-17)13-20-25(18,2)6-4-21(32)26(20,3)15-30/h5,11,14,18,20-21,30,32H,4,6-10,12-13,15H2,1-3H3/t18-,20+,21-,25+,26+/m1/s1. The minimum atomic E-state index is -0.619. The number of amides is 2. The van der Waals surface area contributed by atoms with Crippen LogP contribution in [0.1, 0.15) is 56.5 Å². The molecule has 5 atom stereocenters. The average Bonchev–Trinajstić information content (AvgIpc) is 3.53. The molecule has 3 heterocycles. The number of hydrogen-bond acceptors (Lipinski definition) is 7. The monoisotopic (exact) mass is 517 g/mol. The van der Waals surface area contributed by atoms with Crippen LogP contribution in [0, 0.1) is 16.7 Å². The summed E-state index contributed by atoms with van der Waals surface area (Å²) in [4.78, 5) is 35.3. The number of fused-ring (bicyclic) bond motifs is 2. The van der Waals surface area contributed by atoms with Crippen molar-refractivity contribution >= 4 is 34.5 Å². The maximum atomic E-state index is 13.6. The van der Waals surface area contributed by atoms with Crippen molar-refractivity contribution in [1.82, 2.24) is 14.8 Å². The fraction of sp³-hybridized carbons (Fsp3) is 0.654. The van der Waals surface area contributed by atoms with Crippen LogP contribution in [0.25, 0.3) is 10.6 Å². The summed E-state index contributed by atoms with van der Waals surface area (Å²) in [6.07, 6.45) is 1.99. The van der Waals surface area contributed by atoms with Gasteiger partial charge >= 0.3 is 0 Å². The Hall–Kier alpha value is -1.81. The Balaban J connectivity index is 1.49. The average molecular weight is 518 g/mol. The fourth-order valence-corrected chi connectivity index (χ4v) is 8.61. The molecule has 9 heteroatoms. The number of aliphatic hydroxyl groups is 2. The molecule has 2 aliphatic carbocycles. The predicted octanol–water partition coefficient (Wildman–Crippen LogP) is 3.37. The van der Waals surface area contributed by atoms with E-state index in [1.807, 2.05) is 11.8 Å². The number of thiazole rings is 1. The lowest BCUT2D eigenvalue weighted by atomic mass is 9.47. The summed E-state index contributed by atoms with van der Waals surface area (Å²) >= 11 is 3.34. The molecule has 0 bridgehead atoms. The molecular formula is C26H35N3O4S2. The first kappa shape index (κ1) is 24.9. The van der Waals surface area contributed by atoms with E-state index in [1.54, 1.807) is 34.5 Å². The van der Waals surface area contributed by atoms with Gasteiger partial charge in [-0.2, -0.15) is 11.3 Å². The van der Waals surface area contributed by atoms with Gasteiger partial charge in [-0.25, -0.2) is 4.98 Å².